The molecule has 0 atom stereocenters. The van der Waals surface area contributed by atoms with Crippen LogP contribution >= 0.6 is 0 Å². The number of aromatic nitrogens is 3. The first-order valence-corrected chi connectivity index (χ1v) is 15.2. The summed E-state index contributed by atoms with van der Waals surface area (Å²) in [6, 6.07) is 37.1. The van der Waals surface area contributed by atoms with Crippen LogP contribution in [0.2, 0.25) is 0 Å². The zero-order valence-electron chi connectivity index (χ0n) is 25.4. The third-order valence-electron chi connectivity index (χ3n) is 8.51. The Morgan fingerprint density at radius 2 is 1.20 bits per heavy atom. The van der Waals surface area contributed by atoms with Gasteiger partial charge in [-0.1, -0.05) is 72.8 Å². The number of hydrogen-bond donors (Lipinski definition) is 0. The number of hydrogen-bond acceptors (Lipinski definition) is 4. The number of fused-ring (bicyclic) bond motifs is 5. The highest BCUT2D eigenvalue weighted by Gasteiger charge is 2.20. The molecule has 0 N–H and O–H groups in total. The van der Waals surface area contributed by atoms with Crippen LogP contribution in [-0.2, 0) is 0 Å². The number of nitriles is 1. The van der Waals surface area contributed by atoms with Gasteiger partial charge < -0.3 is 0 Å². The topological polar surface area (TPSA) is 66.8 Å². The van der Waals surface area contributed by atoms with Crippen molar-refractivity contribution in [1.29, 1.82) is 5.26 Å². The summed E-state index contributed by atoms with van der Waals surface area (Å²) < 4.78 is 42.1. The SMILES string of the molecule is [C-]#[N+]c1ccc(-c2nc3ccc4c(-c5cccc(-c6cc(F)c(F)c(F)c6)c5)nc5ccccc5c4c3nc2-c2ccc(C#N)cc2)cc1. The van der Waals surface area contributed by atoms with Crippen molar-refractivity contribution in [3.05, 3.63) is 156 Å². The van der Waals surface area contributed by atoms with Gasteiger partial charge in [-0.25, -0.2) is 33.0 Å². The van der Waals surface area contributed by atoms with E-state index in [4.69, 9.17) is 21.5 Å². The van der Waals surface area contributed by atoms with Gasteiger partial charge in [0.1, 0.15) is 0 Å². The number of benzene rings is 6. The largest absolute Gasteiger partial charge is 0.247 e. The second-order valence-electron chi connectivity index (χ2n) is 11.4. The van der Waals surface area contributed by atoms with E-state index in [0.29, 0.717) is 56.0 Å². The maximum Gasteiger partial charge on any atom is 0.194 e. The summed E-state index contributed by atoms with van der Waals surface area (Å²) in [6.07, 6.45) is 0. The van der Waals surface area contributed by atoms with E-state index < -0.39 is 17.5 Å². The van der Waals surface area contributed by atoms with Crippen molar-refractivity contribution in [2.45, 2.75) is 0 Å². The lowest BCUT2D eigenvalue weighted by atomic mass is 9.95. The molecule has 6 aromatic carbocycles. The first kappa shape index (κ1) is 29.5. The zero-order valence-corrected chi connectivity index (χ0v) is 25.4. The summed E-state index contributed by atoms with van der Waals surface area (Å²) in [5.74, 6) is -4.04. The number of rotatable bonds is 4. The van der Waals surface area contributed by atoms with E-state index in [0.717, 1.165) is 39.4 Å². The molecule has 5 nitrogen and oxygen atoms in total. The molecular weight excluding hydrogens is 619 g/mol. The van der Waals surface area contributed by atoms with Crippen LogP contribution in [0, 0.1) is 35.4 Å². The molecule has 8 rings (SSSR count). The lowest BCUT2D eigenvalue weighted by molar-refractivity contribution is 0.448. The lowest BCUT2D eigenvalue weighted by Crippen LogP contribution is -1.98. The number of halogens is 3. The zero-order chi connectivity index (χ0) is 33.6. The average Bonchev–Trinajstić information content (AvgIpc) is 3.15. The lowest BCUT2D eigenvalue weighted by Gasteiger charge is -2.15. The Balaban J connectivity index is 1.41. The van der Waals surface area contributed by atoms with Gasteiger partial charge in [0.25, 0.3) is 0 Å². The number of pyridine rings is 1. The standard InChI is InChI=1S/C41H20F3N5/c1-46-29-15-13-25(14-16-29)39-40(24-11-9-23(22-45)10-12-24)49-41-35(48-39)18-17-31-36(41)30-7-2-3-8-34(30)47-38(31)27-6-4-5-26(19-27)28-20-32(42)37(44)33(43)21-28/h2-21H. The van der Waals surface area contributed by atoms with Crippen molar-refractivity contribution in [1.82, 2.24) is 15.0 Å². The Labute approximate surface area is 278 Å². The van der Waals surface area contributed by atoms with Crippen LogP contribution < -0.4 is 0 Å². The van der Waals surface area contributed by atoms with E-state index in [-0.39, 0.29) is 5.56 Å². The van der Waals surface area contributed by atoms with Gasteiger partial charge in [0.2, 0.25) is 0 Å². The Morgan fingerprint density at radius 3 is 1.92 bits per heavy atom. The van der Waals surface area contributed by atoms with Gasteiger partial charge in [-0.3, -0.25) is 0 Å². The van der Waals surface area contributed by atoms with Gasteiger partial charge in [0.15, 0.2) is 23.1 Å². The summed E-state index contributed by atoms with van der Waals surface area (Å²) in [5.41, 5.74) is 7.79. The van der Waals surface area contributed by atoms with Gasteiger partial charge in [0, 0.05) is 27.3 Å². The highest BCUT2D eigenvalue weighted by Crippen LogP contribution is 2.40. The molecule has 0 saturated heterocycles. The van der Waals surface area contributed by atoms with Crippen molar-refractivity contribution in [2.24, 2.45) is 0 Å². The van der Waals surface area contributed by atoms with Crippen LogP contribution in [0.25, 0.3) is 82.5 Å². The maximum atomic E-state index is 14.2. The van der Waals surface area contributed by atoms with E-state index in [2.05, 4.69) is 10.9 Å². The Bertz CT molecular complexity index is 2690. The third-order valence-corrected chi connectivity index (χ3v) is 8.51. The summed E-state index contributed by atoms with van der Waals surface area (Å²) in [7, 11) is 0. The van der Waals surface area contributed by atoms with Gasteiger partial charge in [-0.2, -0.15) is 5.26 Å². The Kier molecular flexibility index (Phi) is 7.05. The predicted molar refractivity (Wildman–Crippen MR) is 185 cm³/mol. The van der Waals surface area contributed by atoms with Gasteiger partial charge in [-0.05, 0) is 65.2 Å². The molecule has 8 heteroatoms. The summed E-state index contributed by atoms with van der Waals surface area (Å²) in [5, 5.41) is 11.9. The van der Waals surface area contributed by atoms with Gasteiger partial charge in [-0.15, -0.1) is 0 Å². The molecule has 0 unspecified atom stereocenters. The molecule has 0 amide bonds. The fraction of sp³-hybridized carbons (Fsp3) is 0. The van der Waals surface area contributed by atoms with Crippen LogP contribution in [-0.4, -0.2) is 15.0 Å². The minimum Gasteiger partial charge on any atom is -0.247 e. The summed E-state index contributed by atoms with van der Waals surface area (Å²) >= 11 is 0. The Morgan fingerprint density at radius 1 is 0.551 bits per heavy atom. The predicted octanol–water partition coefficient (Wildman–Crippen LogP) is 10.8. The van der Waals surface area contributed by atoms with Crippen LogP contribution in [0.1, 0.15) is 5.56 Å². The number of para-hydroxylation sites is 1. The molecule has 2 heterocycles. The molecule has 0 aliphatic heterocycles. The third kappa shape index (κ3) is 5.09. The molecule has 0 bridgehead atoms. The maximum absolute atomic E-state index is 14.2. The van der Waals surface area contributed by atoms with Crippen molar-refractivity contribution >= 4 is 38.4 Å². The van der Waals surface area contributed by atoms with Crippen LogP contribution in [0.3, 0.4) is 0 Å². The number of nitrogens with zero attached hydrogens (tertiary/aromatic N) is 5. The van der Waals surface area contributed by atoms with Crippen LogP contribution in [0.4, 0.5) is 18.9 Å². The first-order chi connectivity index (χ1) is 23.9. The molecule has 0 spiro atoms. The summed E-state index contributed by atoms with van der Waals surface area (Å²) in [6.45, 7) is 7.37. The molecule has 0 fully saturated rings. The highest BCUT2D eigenvalue weighted by atomic mass is 19.2. The Hall–Kier alpha value is -6.90. The molecule has 0 aliphatic rings. The van der Waals surface area contributed by atoms with Crippen LogP contribution in [0.15, 0.2) is 121 Å². The summed E-state index contributed by atoms with van der Waals surface area (Å²) in [4.78, 5) is 19.0. The average molecular weight is 640 g/mol. The van der Waals surface area contributed by atoms with Gasteiger partial charge in [0.05, 0.1) is 51.8 Å². The molecule has 230 valence electrons. The smallest absolute Gasteiger partial charge is 0.194 e. The van der Waals surface area contributed by atoms with E-state index in [1.165, 1.54) is 0 Å². The van der Waals surface area contributed by atoms with E-state index >= 15 is 0 Å². The van der Waals surface area contributed by atoms with Crippen molar-refractivity contribution in [2.75, 3.05) is 0 Å². The minimum absolute atomic E-state index is 0.198. The highest BCUT2D eigenvalue weighted by molar-refractivity contribution is 6.21. The fourth-order valence-electron chi connectivity index (χ4n) is 6.14. The van der Waals surface area contributed by atoms with E-state index in [1.807, 2.05) is 66.7 Å². The second-order valence-corrected chi connectivity index (χ2v) is 11.4. The normalized spacial score (nSPS) is 11.1. The molecule has 49 heavy (non-hydrogen) atoms. The van der Waals surface area contributed by atoms with Crippen molar-refractivity contribution in [3.8, 4) is 51.0 Å². The minimum atomic E-state index is -1.51. The molecular formula is C41H20F3N5. The molecule has 0 saturated carbocycles. The molecule has 8 aromatic rings. The molecule has 0 radical (unpaired) electrons. The fourth-order valence-corrected chi connectivity index (χ4v) is 6.14. The van der Waals surface area contributed by atoms with Crippen molar-refractivity contribution < 1.29 is 13.2 Å². The molecule has 0 aliphatic carbocycles. The second kappa shape index (κ2) is 11.7. The monoisotopic (exact) mass is 639 g/mol. The quantitative estimate of drug-likeness (QED) is 0.109. The van der Waals surface area contributed by atoms with E-state index in [1.54, 1.807) is 42.5 Å². The van der Waals surface area contributed by atoms with Gasteiger partial charge >= 0.3 is 0 Å². The molecule has 2 aromatic heterocycles. The first-order valence-electron chi connectivity index (χ1n) is 15.2. The van der Waals surface area contributed by atoms with Crippen molar-refractivity contribution in [3.63, 3.8) is 0 Å². The van der Waals surface area contributed by atoms with Crippen LogP contribution in [0.5, 0.6) is 0 Å². The van der Waals surface area contributed by atoms with E-state index in [9.17, 15) is 18.4 Å².